The van der Waals surface area contributed by atoms with Gasteiger partial charge in [0.15, 0.2) is 0 Å². The highest BCUT2D eigenvalue weighted by Gasteiger charge is 2.20. The third-order valence-electron chi connectivity index (χ3n) is 8.13. The predicted molar refractivity (Wildman–Crippen MR) is 188 cm³/mol. The van der Waals surface area contributed by atoms with Crippen LogP contribution in [0.4, 0.5) is 5.82 Å². The number of benzene rings is 6. The second-order valence-corrected chi connectivity index (χ2v) is 11.4. The minimum absolute atomic E-state index is 0.290. The molecule has 0 aliphatic rings. The molecule has 0 saturated carbocycles. The number of nitrogen functional groups attached to an aromatic ring is 1. The maximum atomic E-state index is 6.09. The molecule has 9 heteroatoms. The molecule has 46 heavy (non-hydrogen) atoms. The first-order chi connectivity index (χ1) is 22.5. The van der Waals surface area contributed by atoms with Crippen LogP contribution in [0.1, 0.15) is 0 Å². The highest BCUT2D eigenvalue weighted by molar-refractivity contribution is 6.32. The summed E-state index contributed by atoms with van der Waals surface area (Å²) in [5.41, 5.74) is 9.47. The van der Waals surface area contributed by atoms with Crippen molar-refractivity contribution in [2.24, 2.45) is 0 Å². The monoisotopic (exact) mass is 639 g/mol. The molecule has 222 valence electrons. The van der Waals surface area contributed by atoms with E-state index in [9.17, 15) is 0 Å². The van der Waals surface area contributed by atoms with Crippen molar-refractivity contribution < 1.29 is 9.15 Å². The van der Waals surface area contributed by atoms with Crippen molar-refractivity contribution >= 4 is 94.3 Å². The Labute approximate surface area is 272 Å². The summed E-state index contributed by atoms with van der Waals surface area (Å²) >= 11 is 12.1. The van der Waals surface area contributed by atoms with Crippen LogP contribution in [0, 0.1) is 0 Å². The number of hydrogen-bond acceptors (Lipinski definition) is 7. The van der Waals surface area contributed by atoms with Crippen LogP contribution in [0.25, 0.3) is 76.5 Å². The summed E-state index contributed by atoms with van der Waals surface area (Å²) in [4.78, 5) is 17.3. The molecule has 0 aliphatic heterocycles. The van der Waals surface area contributed by atoms with Gasteiger partial charge in [0, 0.05) is 10.8 Å². The average Bonchev–Trinajstić information content (AvgIpc) is 3.48. The lowest BCUT2D eigenvalue weighted by atomic mass is 9.94. The Morgan fingerprint density at radius 1 is 0.609 bits per heavy atom. The minimum Gasteiger partial charge on any atom is -0.495 e. The van der Waals surface area contributed by atoms with E-state index in [1.807, 2.05) is 60.7 Å². The van der Waals surface area contributed by atoms with E-state index < -0.39 is 0 Å². The first kappa shape index (κ1) is 28.0. The number of ether oxygens (including phenoxy) is 1. The lowest BCUT2D eigenvalue weighted by Gasteiger charge is -2.16. The highest BCUT2D eigenvalue weighted by atomic mass is 35.5. The summed E-state index contributed by atoms with van der Waals surface area (Å²) in [6.45, 7) is 0. The Morgan fingerprint density at radius 3 is 1.78 bits per heavy atom. The number of nitrogens with zero attached hydrogens (tertiary/aromatic N) is 4. The van der Waals surface area contributed by atoms with Gasteiger partial charge in [-0.05, 0) is 32.3 Å². The lowest BCUT2D eigenvalue weighted by molar-refractivity contribution is 0.421. The molecule has 0 saturated heterocycles. The van der Waals surface area contributed by atoms with Gasteiger partial charge in [0.25, 0.3) is 0 Å². The number of methoxy groups -OCH3 is 1. The number of fused-ring (bicyclic) bond motifs is 11. The molecule has 3 heterocycles. The zero-order valence-electron chi connectivity index (χ0n) is 24.3. The summed E-state index contributed by atoms with van der Waals surface area (Å²) in [7, 11) is 1.65. The SMILES string of the molecule is COc1c(-c2nc(Cl)cnc2N)c2ccccc2c2ccccc12.Clc1cnc2oc3c4ccccc4c4ccccc4c3c2n1. The molecule has 9 aromatic rings. The van der Waals surface area contributed by atoms with Crippen LogP contribution in [0.3, 0.4) is 0 Å². The van der Waals surface area contributed by atoms with Crippen molar-refractivity contribution in [1.82, 2.24) is 19.9 Å². The summed E-state index contributed by atoms with van der Waals surface area (Å²) < 4.78 is 11.7. The van der Waals surface area contributed by atoms with Crippen LogP contribution in [0.5, 0.6) is 5.75 Å². The quantitative estimate of drug-likeness (QED) is 0.188. The first-order valence-electron chi connectivity index (χ1n) is 14.4. The van der Waals surface area contributed by atoms with E-state index in [1.165, 1.54) is 17.8 Å². The van der Waals surface area contributed by atoms with E-state index in [-0.39, 0.29) is 0 Å². The number of hydrogen-bond donors (Lipinski definition) is 1. The third kappa shape index (κ3) is 4.43. The van der Waals surface area contributed by atoms with E-state index >= 15 is 0 Å². The lowest BCUT2D eigenvalue weighted by Crippen LogP contribution is -2.00. The van der Waals surface area contributed by atoms with Crippen molar-refractivity contribution in [3.8, 4) is 17.0 Å². The maximum Gasteiger partial charge on any atom is 0.246 e. The van der Waals surface area contributed by atoms with Crippen molar-refractivity contribution in [1.29, 1.82) is 0 Å². The van der Waals surface area contributed by atoms with Crippen molar-refractivity contribution in [3.05, 3.63) is 120 Å². The molecular formula is C37H23Cl2N5O2. The molecule has 0 unspecified atom stereocenters. The Kier molecular flexibility index (Phi) is 6.78. The van der Waals surface area contributed by atoms with Gasteiger partial charge in [-0.3, -0.25) is 0 Å². The van der Waals surface area contributed by atoms with Gasteiger partial charge in [-0.25, -0.2) is 19.9 Å². The Bertz CT molecular complexity index is 2640. The highest BCUT2D eigenvalue weighted by Crippen LogP contribution is 2.45. The molecular weight excluding hydrogens is 617 g/mol. The fraction of sp³-hybridized carbons (Fsp3) is 0.0270. The van der Waals surface area contributed by atoms with Crippen molar-refractivity contribution in [2.45, 2.75) is 0 Å². The van der Waals surface area contributed by atoms with Gasteiger partial charge in [-0.1, -0.05) is 120 Å². The molecule has 0 amide bonds. The number of nitrogens with two attached hydrogens (primary N) is 1. The first-order valence-corrected chi connectivity index (χ1v) is 15.2. The van der Waals surface area contributed by atoms with E-state index in [0.717, 1.165) is 54.2 Å². The van der Waals surface area contributed by atoms with E-state index in [4.69, 9.17) is 38.1 Å². The molecule has 9 rings (SSSR count). The maximum absolute atomic E-state index is 6.09. The summed E-state index contributed by atoms with van der Waals surface area (Å²) in [5, 5.41) is 10.3. The Hall–Kier alpha value is -5.50. The van der Waals surface area contributed by atoms with Crippen molar-refractivity contribution in [3.63, 3.8) is 0 Å². The molecule has 3 aromatic heterocycles. The van der Waals surface area contributed by atoms with Gasteiger partial charge >= 0.3 is 0 Å². The molecule has 0 aliphatic carbocycles. The van der Waals surface area contributed by atoms with Gasteiger partial charge in [-0.2, -0.15) is 0 Å². The summed E-state index contributed by atoms with van der Waals surface area (Å²) in [5.74, 6) is 1.03. The molecule has 0 fully saturated rings. The smallest absolute Gasteiger partial charge is 0.246 e. The van der Waals surface area contributed by atoms with Crippen LogP contribution in [0.15, 0.2) is 114 Å². The molecule has 0 spiro atoms. The van der Waals surface area contributed by atoms with Gasteiger partial charge in [0.05, 0.1) is 30.5 Å². The minimum atomic E-state index is 0.290. The Balaban J connectivity index is 0.000000136. The van der Waals surface area contributed by atoms with Gasteiger partial charge < -0.3 is 14.9 Å². The van der Waals surface area contributed by atoms with E-state index in [0.29, 0.717) is 38.8 Å². The normalized spacial score (nSPS) is 11.5. The van der Waals surface area contributed by atoms with Crippen LogP contribution in [0.2, 0.25) is 10.3 Å². The Morgan fingerprint density at radius 2 is 1.11 bits per heavy atom. The molecule has 0 atom stereocenters. The fourth-order valence-electron chi connectivity index (χ4n) is 6.26. The number of furan rings is 1. The third-order valence-corrected chi connectivity index (χ3v) is 8.49. The van der Waals surface area contributed by atoms with Gasteiger partial charge in [0.2, 0.25) is 5.71 Å². The zero-order valence-corrected chi connectivity index (χ0v) is 25.8. The van der Waals surface area contributed by atoms with E-state index in [1.54, 1.807) is 7.11 Å². The van der Waals surface area contributed by atoms with E-state index in [2.05, 4.69) is 56.3 Å². The summed E-state index contributed by atoms with van der Waals surface area (Å²) in [6, 6.07) is 32.7. The largest absolute Gasteiger partial charge is 0.495 e. The second-order valence-electron chi connectivity index (χ2n) is 10.7. The predicted octanol–water partition coefficient (Wildman–Crippen LogP) is 10.0. The molecule has 0 radical (unpaired) electrons. The zero-order chi connectivity index (χ0) is 31.4. The fourth-order valence-corrected chi connectivity index (χ4v) is 6.52. The van der Waals surface area contributed by atoms with Crippen LogP contribution in [-0.2, 0) is 0 Å². The van der Waals surface area contributed by atoms with Crippen molar-refractivity contribution in [2.75, 3.05) is 12.8 Å². The van der Waals surface area contributed by atoms with Crippen LogP contribution in [-0.4, -0.2) is 27.0 Å². The van der Waals surface area contributed by atoms with Crippen LogP contribution >= 0.6 is 23.2 Å². The average molecular weight is 641 g/mol. The number of rotatable bonds is 2. The second kappa shape index (κ2) is 11.1. The summed E-state index contributed by atoms with van der Waals surface area (Å²) in [6.07, 6.45) is 2.95. The van der Waals surface area contributed by atoms with Gasteiger partial charge in [0.1, 0.15) is 38.7 Å². The molecule has 6 aromatic carbocycles. The topological polar surface area (TPSA) is 100.0 Å². The number of halogens is 2. The van der Waals surface area contributed by atoms with Crippen LogP contribution < -0.4 is 10.5 Å². The molecule has 2 N–H and O–H groups in total. The standard InChI is InChI=1S/C19H14ClN3O.C18H9ClN2O/c1-24-18-14-9-5-3-7-12(14)11-6-2-4-8-13(11)16(18)17-19(21)22-10-15(20)23-17;19-14-9-20-18-16(21-14)15-12-7-3-1-5-10(12)11-6-2-4-8-13(11)17(15)22-18/h2-10H,1H3,(H2,21,22);1-9H. The number of anilines is 1. The molecule has 0 bridgehead atoms. The van der Waals surface area contributed by atoms with Gasteiger partial charge in [-0.15, -0.1) is 0 Å². The molecule has 7 nitrogen and oxygen atoms in total. The number of aromatic nitrogens is 4.